The van der Waals surface area contributed by atoms with Crippen molar-refractivity contribution in [1.82, 2.24) is 0 Å². The lowest BCUT2D eigenvalue weighted by Gasteiger charge is -2.21. The van der Waals surface area contributed by atoms with Crippen molar-refractivity contribution in [3.05, 3.63) is 41.7 Å². The van der Waals surface area contributed by atoms with Gasteiger partial charge in [0, 0.05) is 0 Å². The molecule has 0 bridgehead atoms. The van der Waals surface area contributed by atoms with Gasteiger partial charge in [-0.3, -0.25) is 0 Å². The highest BCUT2D eigenvalue weighted by Crippen LogP contribution is 2.24. The molecular weight excluding hydrogens is 273 g/mol. The Labute approximate surface area is 115 Å². The van der Waals surface area contributed by atoms with Crippen LogP contribution in [-0.2, 0) is 14.3 Å². The summed E-state index contributed by atoms with van der Waals surface area (Å²) in [6.45, 7) is 4.66. The molecule has 0 aliphatic heterocycles. The SMILES string of the molecule is CC(C)(C)OC(=O)/C(=C/c1ccccc1)OC(F)(F)F. The molecule has 1 rings (SSSR count). The third-order valence-electron chi connectivity index (χ3n) is 1.92. The van der Waals surface area contributed by atoms with Crippen molar-refractivity contribution in [2.45, 2.75) is 32.7 Å². The van der Waals surface area contributed by atoms with Gasteiger partial charge in [-0.1, -0.05) is 30.3 Å². The summed E-state index contributed by atoms with van der Waals surface area (Å²) in [7, 11) is 0. The number of benzene rings is 1. The van der Waals surface area contributed by atoms with Gasteiger partial charge in [-0.15, -0.1) is 13.2 Å². The number of hydrogen-bond acceptors (Lipinski definition) is 3. The molecule has 0 radical (unpaired) electrons. The van der Waals surface area contributed by atoms with Crippen LogP contribution < -0.4 is 0 Å². The van der Waals surface area contributed by atoms with Crippen molar-refractivity contribution < 1.29 is 27.4 Å². The number of rotatable bonds is 3. The van der Waals surface area contributed by atoms with E-state index in [1.165, 1.54) is 0 Å². The molecule has 0 heterocycles. The molecular formula is C14H15F3O3. The molecule has 0 atom stereocenters. The first-order valence-electron chi connectivity index (χ1n) is 5.83. The highest BCUT2D eigenvalue weighted by molar-refractivity contribution is 5.91. The molecule has 0 saturated heterocycles. The minimum Gasteiger partial charge on any atom is -0.454 e. The van der Waals surface area contributed by atoms with Gasteiger partial charge in [-0.25, -0.2) is 4.79 Å². The van der Waals surface area contributed by atoms with Gasteiger partial charge in [0.2, 0.25) is 5.76 Å². The van der Waals surface area contributed by atoms with E-state index in [-0.39, 0.29) is 0 Å². The molecule has 0 aliphatic carbocycles. The van der Waals surface area contributed by atoms with Crippen molar-refractivity contribution in [2.75, 3.05) is 0 Å². The first kappa shape index (κ1) is 16.1. The zero-order chi connectivity index (χ0) is 15.4. The van der Waals surface area contributed by atoms with E-state index in [9.17, 15) is 18.0 Å². The van der Waals surface area contributed by atoms with E-state index in [1.54, 1.807) is 51.1 Å². The summed E-state index contributed by atoms with van der Waals surface area (Å²) in [5.74, 6) is -2.07. The van der Waals surface area contributed by atoms with Crippen LogP contribution in [0.15, 0.2) is 36.1 Å². The van der Waals surface area contributed by atoms with Crippen LogP contribution in [0.25, 0.3) is 6.08 Å². The smallest absolute Gasteiger partial charge is 0.454 e. The van der Waals surface area contributed by atoms with E-state index < -0.39 is 23.7 Å². The number of hydrogen-bond donors (Lipinski definition) is 0. The monoisotopic (exact) mass is 288 g/mol. The molecule has 0 spiro atoms. The molecule has 3 nitrogen and oxygen atoms in total. The van der Waals surface area contributed by atoms with Crippen molar-refractivity contribution in [3.63, 3.8) is 0 Å². The lowest BCUT2D eigenvalue weighted by Crippen LogP contribution is -2.27. The maximum atomic E-state index is 12.3. The fraction of sp³-hybridized carbons (Fsp3) is 0.357. The molecule has 0 aromatic heterocycles. The van der Waals surface area contributed by atoms with Crippen LogP contribution in [0.2, 0.25) is 0 Å². The summed E-state index contributed by atoms with van der Waals surface area (Å²) in [4.78, 5) is 11.7. The summed E-state index contributed by atoms with van der Waals surface area (Å²) in [6, 6.07) is 8.06. The number of esters is 1. The van der Waals surface area contributed by atoms with Crippen LogP contribution >= 0.6 is 0 Å². The Morgan fingerprint density at radius 2 is 1.60 bits per heavy atom. The average molecular weight is 288 g/mol. The third-order valence-corrected chi connectivity index (χ3v) is 1.92. The molecule has 0 N–H and O–H groups in total. The average Bonchev–Trinajstić information content (AvgIpc) is 2.25. The van der Waals surface area contributed by atoms with Gasteiger partial charge in [0.1, 0.15) is 5.60 Å². The van der Waals surface area contributed by atoms with Gasteiger partial charge in [0.05, 0.1) is 0 Å². The van der Waals surface area contributed by atoms with Crippen LogP contribution in [-0.4, -0.2) is 17.9 Å². The third kappa shape index (κ3) is 6.26. The van der Waals surface area contributed by atoms with Crippen LogP contribution in [0.1, 0.15) is 26.3 Å². The Hall–Kier alpha value is -1.98. The second kappa shape index (κ2) is 5.98. The van der Waals surface area contributed by atoms with Crippen molar-refractivity contribution >= 4 is 12.0 Å². The molecule has 1 aromatic carbocycles. The molecule has 0 fully saturated rings. The summed E-state index contributed by atoms with van der Waals surface area (Å²) < 4.78 is 45.6. The largest absolute Gasteiger partial charge is 0.573 e. The predicted octanol–water partition coefficient (Wildman–Crippen LogP) is 3.91. The molecule has 1 aromatic rings. The molecule has 6 heteroatoms. The van der Waals surface area contributed by atoms with Gasteiger partial charge in [-0.2, -0.15) is 0 Å². The van der Waals surface area contributed by atoms with Gasteiger partial charge >= 0.3 is 12.3 Å². The second-order valence-corrected chi connectivity index (χ2v) is 4.97. The standard InChI is InChI=1S/C14H15F3O3/c1-13(2,3)20-12(18)11(19-14(15,16)17)9-10-7-5-4-6-8-10/h4-9H,1-3H3/b11-9-. The number of alkyl halides is 3. The Morgan fingerprint density at radius 1 is 1.05 bits per heavy atom. The fourth-order valence-electron chi connectivity index (χ4n) is 1.28. The zero-order valence-corrected chi connectivity index (χ0v) is 11.3. The Morgan fingerprint density at radius 3 is 2.05 bits per heavy atom. The Kier molecular flexibility index (Phi) is 4.81. The van der Waals surface area contributed by atoms with Crippen molar-refractivity contribution in [2.24, 2.45) is 0 Å². The van der Waals surface area contributed by atoms with Crippen molar-refractivity contribution in [1.29, 1.82) is 0 Å². The van der Waals surface area contributed by atoms with Gasteiger partial charge in [-0.05, 0) is 32.4 Å². The number of halogens is 3. The van der Waals surface area contributed by atoms with Crippen LogP contribution in [0.4, 0.5) is 13.2 Å². The molecule has 0 unspecified atom stereocenters. The quantitative estimate of drug-likeness (QED) is 0.480. The van der Waals surface area contributed by atoms with E-state index in [4.69, 9.17) is 4.74 Å². The van der Waals surface area contributed by atoms with Gasteiger partial charge in [0.15, 0.2) is 0 Å². The maximum Gasteiger partial charge on any atom is 0.573 e. The highest BCUT2D eigenvalue weighted by atomic mass is 19.4. The molecule has 0 saturated carbocycles. The minimum absolute atomic E-state index is 0.401. The minimum atomic E-state index is -4.96. The molecule has 110 valence electrons. The normalized spacial score (nSPS) is 13.0. The van der Waals surface area contributed by atoms with Crippen LogP contribution in [0, 0.1) is 0 Å². The second-order valence-electron chi connectivity index (χ2n) is 4.97. The molecule has 0 aliphatic rings. The molecule has 0 amide bonds. The highest BCUT2D eigenvalue weighted by Gasteiger charge is 2.35. The molecule has 20 heavy (non-hydrogen) atoms. The Balaban J connectivity index is 3.03. The lowest BCUT2D eigenvalue weighted by molar-refractivity contribution is -0.305. The van der Waals surface area contributed by atoms with E-state index in [0.717, 1.165) is 6.08 Å². The van der Waals surface area contributed by atoms with Gasteiger partial charge < -0.3 is 9.47 Å². The number of carbonyl (C=O) groups is 1. The maximum absolute atomic E-state index is 12.3. The van der Waals surface area contributed by atoms with Crippen LogP contribution in [0.5, 0.6) is 0 Å². The first-order chi connectivity index (χ1) is 9.07. The summed E-state index contributed by atoms with van der Waals surface area (Å²) in [6.07, 6.45) is -3.97. The fourth-order valence-corrected chi connectivity index (χ4v) is 1.28. The zero-order valence-electron chi connectivity index (χ0n) is 11.3. The summed E-state index contributed by atoms with van der Waals surface area (Å²) >= 11 is 0. The van der Waals surface area contributed by atoms with E-state index >= 15 is 0 Å². The lowest BCUT2D eigenvalue weighted by atomic mass is 10.2. The summed E-state index contributed by atoms with van der Waals surface area (Å²) in [5, 5.41) is 0. The topological polar surface area (TPSA) is 35.5 Å². The van der Waals surface area contributed by atoms with E-state index in [2.05, 4.69) is 4.74 Å². The summed E-state index contributed by atoms with van der Waals surface area (Å²) in [5.41, 5.74) is -0.514. The van der Waals surface area contributed by atoms with Gasteiger partial charge in [0.25, 0.3) is 0 Å². The van der Waals surface area contributed by atoms with Crippen LogP contribution in [0.3, 0.4) is 0 Å². The Bertz CT molecular complexity index is 485. The van der Waals surface area contributed by atoms with E-state index in [0.29, 0.717) is 5.56 Å². The number of carbonyl (C=O) groups excluding carboxylic acids is 1. The predicted molar refractivity (Wildman–Crippen MR) is 67.4 cm³/mol. The van der Waals surface area contributed by atoms with Crippen molar-refractivity contribution in [3.8, 4) is 0 Å². The van der Waals surface area contributed by atoms with E-state index in [1.807, 2.05) is 0 Å². The first-order valence-corrected chi connectivity index (χ1v) is 5.83. The number of ether oxygens (including phenoxy) is 2.